The lowest BCUT2D eigenvalue weighted by Crippen LogP contribution is -2.70. The molecule has 0 aromatic heterocycles. The van der Waals surface area contributed by atoms with Gasteiger partial charge in [0.1, 0.15) is 0 Å². The maximum absolute atomic E-state index is 14.3. The van der Waals surface area contributed by atoms with Crippen LogP contribution in [0.4, 0.5) is 57.1 Å². The average molecular weight is 526 g/mol. The largest absolute Gasteiger partial charge is 0.465 e. The Morgan fingerprint density at radius 1 is 0.765 bits per heavy atom. The first-order chi connectivity index (χ1) is 15.0. The van der Waals surface area contributed by atoms with Crippen molar-refractivity contribution in [2.45, 2.75) is 54.7 Å². The predicted molar refractivity (Wildman–Crippen MR) is 87.5 cm³/mol. The fourth-order valence-corrected chi connectivity index (χ4v) is 2.72. The van der Waals surface area contributed by atoms with Gasteiger partial charge in [-0.2, -0.15) is 57.1 Å². The second-order valence-corrected chi connectivity index (χ2v) is 7.18. The molecule has 0 aliphatic carbocycles. The monoisotopic (exact) mass is 526 g/mol. The minimum Gasteiger partial charge on any atom is -0.465 e. The highest BCUT2D eigenvalue weighted by molar-refractivity contribution is 5.89. The molecule has 1 aromatic carbocycles. The molecule has 0 amide bonds. The van der Waals surface area contributed by atoms with Crippen LogP contribution in [0.1, 0.15) is 29.3 Å². The molecule has 196 valence electrons. The van der Waals surface area contributed by atoms with Crippen molar-refractivity contribution in [1.29, 1.82) is 0 Å². The molecule has 1 aromatic rings. The van der Waals surface area contributed by atoms with Crippen LogP contribution in [-0.4, -0.2) is 56.0 Å². The Labute approximate surface area is 182 Å². The van der Waals surface area contributed by atoms with Crippen LogP contribution in [0.15, 0.2) is 24.3 Å². The van der Waals surface area contributed by atoms with E-state index in [0.29, 0.717) is 14.0 Å². The number of carbonyl (C=O) groups is 1. The molecule has 1 rings (SSSR count). The zero-order valence-electron chi connectivity index (χ0n) is 17.2. The summed E-state index contributed by atoms with van der Waals surface area (Å²) < 4.78 is 182. The van der Waals surface area contributed by atoms with E-state index >= 15 is 0 Å². The number of methoxy groups -OCH3 is 2. The third-order valence-corrected chi connectivity index (χ3v) is 4.90. The Hall–Kier alpha value is -2.26. The van der Waals surface area contributed by atoms with Gasteiger partial charge < -0.3 is 9.47 Å². The fourth-order valence-electron chi connectivity index (χ4n) is 2.72. The second kappa shape index (κ2) is 8.75. The normalized spacial score (nSPS) is 16.2. The maximum Gasteiger partial charge on any atom is 0.460 e. The molecule has 1 atom stereocenters. The highest BCUT2D eigenvalue weighted by atomic mass is 19.4. The van der Waals surface area contributed by atoms with Crippen molar-refractivity contribution in [3.63, 3.8) is 0 Å². The van der Waals surface area contributed by atoms with Crippen molar-refractivity contribution >= 4 is 5.97 Å². The standard InChI is InChI=1S/C18H15F13O3/c1-12(34-3,10-6-4-5-9(7-10)11(32)33-2)8-13(19,20)14(21,22)15(23,24)16(25,26)17(27,28)18(29,30)31/h4-7H,8H2,1-3H3. The maximum atomic E-state index is 14.3. The summed E-state index contributed by atoms with van der Waals surface area (Å²) in [6.45, 7) is 0.563. The molecule has 16 heteroatoms. The topological polar surface area (TPSA) is 35.5 Å². The zero-order valence-corrected chi connectivity index (χ0v) is 17.2. The summed E-state index contributed by atoms with van der Waals surface area (Å²) in [4.78, 5) is 11.6. The SMILES string of the molecule is COC(=O)c1cccc(C(C)(CC(F)(F)C(F)(F)C(F)(F)C(F)(F)C(F)(F)C(F)(F)F)OC)c1. The highest BCUT2D eigenvalue weighted by Gasteiger charge is 2.90. The molecule has 0 spiro atoms. The summed E-state index contributed by atoms with van der Waals surface area (Å²) in [6, 6.07) is 3.64. The van der Waals surface area contributed by atoms with Crippen molar-refractivity contribution in [3.8, 4) is 0 Å². The van der Waals surface area contributed by atoms with Gasteiger partial charge >= 0.3 is 41.8 Å². The van der Waals surface area contributed by atoms with Gasteiger partial charge in [0.15, 0.2) is 0 Å². The van der Waals surface area contributed by atoms with E-state index in [9.17, 15) is 61.9 Å². The van der Waals surface area contributed by atoms with Crippen LogP contribution >= 0.6 is 0 Å². The van der Waals surface area contributed by atoms with E-state index in [2.05, 4.69) is 9.47 Å². The summed E-state index contributed by atoms with van der Waals surface area (Å²) in [5, 5.41) is 0. The lowest BCUT2D eigenvalue weighted by atomic mass is 9.83. The van der Waals surface area contributed by atoms with E-state index in [4.69, 9.17) is 0 Å². The number of ether oxygens (including phenoxy) is 2. The highest BCUT2D eigenvalue weighted by Crippen LogP contribution is 2.61. The average Bonchev–Trinajstić information content (AvgIpc) is 2.71. The van der Waals surface area contributed by atoms with E-state index in [1.807, 2.05) is 0 Å². The van der Waals surface area contributed by atoms with E-state index < -0.39 is 59.3 Å². The lowest BCUT2D eigenvalue weighted by molar-refractivity contribution is -0.441. The summed E-state index contributed by atoms with van der Waals surface area (Å²) in [7, 11) is 1.49. The van der Waals surface area contributed by atoms with Gasteiger partial charge in [-0.1, -0.05) is 12.1 Å². The molecule has 0 saturated heterocycles. The zero-order chi connectivity index (χ0) is 27.2. The molecule has 1 unspecified atom stereocenters. The van der Waals surface area contributed by atoms with Crippen molar-refractivity contribution in [2.75, 3.05) is 14.2 Å². The number of benzene rings is 1. The fraction of sp³-hybridized carbons (Fsp3) is 0.611. The number of hydrogen-bond donors (Lipinski definition) is 0. The van der Waals surface area contributed by atoms with Gasteiger partial charge in [-0.05, 0) is 24.6 Å². The van der Waals surface area contributed by atoms with Crippen LogP contribution in [0.3, 0.4) is 0 Å². The van der Waals surface area contributed by atoms with E-state index in [0.717, 1.165) is 31.4 Å². The van der Waals surface area contributed by atoms with Crippen LogP contribution in [0.2, 0.25) is 0 Å². The summed E-state index contributed by atoms with van der Waals surface area (Å²) >= 11 is 0. The van der Waals surface area contributed by atoms with Crippen molar-refractivity contribution in [3.05, 3.63) is 35.4 Å². The number of halogens is 13. The summed E-state index contributed by atoms with van der Waals surface area (Å²) in [5.41, 5.74) is -3.72. The number of esters is 1. The van der Waals surface area contributed by atoms with Crippen LogP contribution in [-0.2, 0) is 15.1 Å². The number of alkyl halides is 13. The predicted octanol–water partition coefficient (Wildman–Crippen LogP) is 6.46. The summed E-state index contributed by atoms with van der Waals surface area (Å²) in [6.07, 6.45) is -10.1. The smallest absolute Gasteiger partial charge is 0.460 e. The van der Waals surface area contributed by atoms with Gasteiger partial charge in [0.2, 0.25) is 0 Å². The Balaban J connectivity index is 3.55. The Kier molecular flexibility index (Phi) is 7.66. The molecule has 0 aliphatic heterocycles. The molecule has 0 aliphatic rings. The van der Waals surface area contributed by atoms with Gasteiger partial charge in [0, 0.05) is 7.11 Å². The second-order valence-electron chi connectivity index (χ2n) is 7.18. The van der Waals surface area contributed by atoms with Crippen LogP contribution in [0.5, 0.6) is 0 Å². The number of rotatable bonds is 9. The first-order valence-corrected chi connectivity index (χ1v) is 8.66. The van der Waals surface area contributed by atoms with Gasteiger partial charge in [-0.3, -0.25) is 0 Å². The Bertz CT molecular complexity index is 895. The van der Waals surface area contributed by atoms with Crippen molar-refractivity contribution in [1.82, 2.24) is 0 Å². The lowest BCUT2D eigenvalue weighted by Gasteiger charge is -2.42. The molecule has 0 fully saturated rings. The molecule has 3 nitrogen and oxygen atoms in total. The molecule has 0 N–H and O–H groups in total. The third kappa shape index (κ3) is 4.52. The molecule has 0 heterocycles. The summed E-state index contributed by atoms with van der Waals surface area (Å²) in [5.74, 6) is -38.6. The molecule has 34 heavy (non-hydrogen) atoms. The van der Waals surface area contributed by atoms with Crippen LogP contribution in [0.25, 0.3) is 0 Å². The van der Waals surface area contributed by atoms with Crippen molar-refractivity contribution < 1.29 is 71.3 Å². The first-order valence-electron chi connectivity index (χ1n) is 8.66. The quantitative estimate of drug-likeness (QED) is 0.274. The first kappa shape index (κ1) is 29.8. The van der Waals surface area contributed by atoms with E-state index in [1.165, 1.54) is 0 Å². The van der Waals surface area contributed by atoms with Crippen LogP contribution < -0.4 is 0 Å². The molecular weight excluding hydrogens is 511 g/mol. The Morgan fingerprint density at radius 2 is 1.24 bits per heavy atom. The van der Waals surface area contributed by atoms with E-state index in [1.54, 1.807) is 0 Å². The van der Waals surface area contributed by atoms with Gasteiger partial charge in [-0.15, -0.1) is 0 Å². The molecule has 0 saturated carbocycles. The number of hydrogen-bond acceptors (Lipinski definition) is 3. The molecular formula is C18H15F13O3. The van der Waals surface area contributed by atoms with Crippen LogP contribution in [0, 0.1) is 0 Å². The van der Waals surface area contributed by atoms with Gasteiger partial charge in [0.25, 0.3) is 0 Å². The Morgan fingerprint density at radius 3 is 1.65 bits per heavy atom. The third-order valence-electron chi connectivity index (χ3n) is 4.90. The molecule has 0 bridgehead atoms. The number of carbonyl (C=O) groups excluding carboxylic acids is 1. The van der Waals surface area contributed by atoms with E-state index in [-0.39, 0.29) is 5.56 Å². The minimum absolute atomic E-state index is 0.375. The van der Waals surface area contributed by atoms with Crippen molar-refractivity contribution in [2.24, 2.45) is 0 Å². The molecule has 0 radical (unpaired) electrons. The minimum atomic E-state index is -7.99. The van der Waals surface area contributed by atoms with Gasteiger partial charge in [-0.25, -0.2) is 4.79 Å². The van der Waals surface area contributed by atoms with Gasteiger partial charge in [0.05, 0.1) is 24.7 Å².